The van der Waals surface area contributed by atoms with Crippen LogP contribution < -0.4 is 19.7 Å². The minimum absolute atomic E-state index is 0.148. The molecule has 1 atom stereocenters. The van der Waals surface area contributed by atoms with Gasteiger partial charge in [0.25, 0.3) is 11.8 Å². The molecular formula is C27H33N3O5. The fourth-order valence-electron chi connectivity index (χ4n) is 4.93. The first kappa shape index (κ1) is 24.6. The Labute approximate surface area is 206 Å². The number of fused-ring (bicyclic) bond motifs is 5. The lowest BCUT2D eigenvalue weighted by Gasteiger charge is -2.40. The third-order valence-corrected chi connectivity index (χ3v) is 6.65. The lowest BCUT2D eigenvalue weighted by atomic mass is 10.0. The number of anilines is 1. The van der Waals surface area contributed by atoms with Gasteiger partial charge in [0.1, 0.15) is 12.7 Å². The zero-order chi connectivity index (χ0) is 24.9. The molecule has 186 valence electrons. The van der Waals surface area contributed by atoms with Crippen LogP contribution in [0, 0.1) is 0 Å². The number of hydrogen-bond acceptors (Lipinski definition) is 5. The quantitative estimate of drug-likeness (QED) is 0.486. The molecule has 3 amide bonds. The molecule has 0 aromatic heterocycles. The Morgan fingerprint density at radius 2 is 1.69 bits per heavy atom. The summed E-state index contributed by atoms with van der Waals surface area (Å²) >= 11 is 0. The summed E-state index contributed by atoms with van der Waals surface area (Å²) in [5, 5.41) is 2.94. The molecule has 0 saturated carbocycles. The van der Waals surface area contributed by atoms with E-state index >= 15 is 0 Å². The summed E-state index contributed by atoms with van der Waals surface area (Å²) in [6, 6.07) is 10.5. The molecular weight excluding hydrogens is 446 g/mol. The zero-order valence-corrected chi connectivity index (χ0v) is 20.6. The summed E-state index contributed by atoms with van der Waals surface area (Å²) in [5.74, 6) is -0.0677. The summed E-state index contributed by atoms with van der Waals surface area (Å²) in [4.78, 5) is 43.1. The van der Waals surface area contributed by atoms with Crippen LogP contribution in [0.4, 0.5) is 5.69 Å². The number of nitrogens with zero attached hydrogens (tertiary/aromatic N) is 2. The SMILES string of the molecule is CCCCCCCCNC(=O)CN1C(=O)c2ccccc2N2C(=O)c3c(ccc(OC)c3OC)[C@@H]12. The van der Waals surface area contributed by atoms with Crippen molar-refractivity contribution in [3.8, 4) is 11.5 Å². The van der Waals surface area contributed by atoms with Crippen LogP contribution in [-0.2, 0) is 4.79 Å². The van der Waals surface area contributed by atoms with E-state index in [0.717, 1.165) is 19.3 Å². The highest BCUT2D eigenvalue weighted by atomic mass is 16.5. The number of carbonyl (C=O) groups is 3. The molecule has 1 N–H and O–H groups in total. The second kappa shape index (κ2) is 10.8. The number of ether oxygens (including phenoxy) is 2. The van der Waals surface area contributed by atoms with E-state index in [0.29, 0.717) is 40.4 Å². The van der Waals surface area contributed by atoms with Crippen molar-refractivity contribution in [2.75, 3.05) is 32.2 Å². The third kappa shape index (κ3) is 4.57. The van der Waals surface area contributed by atoms with E-state index in [1.165, 1.54) is 38.4 Å². The Bertz CT molecular complexity index is 1120. The highest BCUT2D eigenvalue weighted by Crippen LogP contribution is 2.49. The molecule has 2 aliphatic heterocycles. The van der Waals surface area contributed by atoms with Crippen molar-refractivity contribution in [3.05, 3.63) is 53.1 Å². The van der Waals surface area contributed by atoms with E-state index in [1.54, 1.807) is 41.3 Å². The zero-order valence-electron chi connectivity index (χ0n) is 20.6. The number of rotatable bonds is 11. The van der Waals surface area contributed by atoms with Crippen LogP contribution in [-0.4, -0.2) is 49.9 Å². The van der Waals surface area contributed by atoms with Gasteiger partial charge in [-0.1, -0.05) is 57.2 Å². The van der Waals surface area contributed by atoms with E-state index in [9.17, 15) is 14.4 Å². The number of amides is 3. The Hall–Kier alpha value is -3.55. The number of hydrogen-bond donors (Lipinski definition) is 1. The normalized spacial score (nSPS) is 16.0. The summed E-state index contributed by atoms with van der Waals surface area (Å²) in [7, 11) is 2.99. The average molecular weight is 480 g/mol. The van der Waals surface area contributed by atoms with Crippen LogP contribution in [0.1, 0.15) is 77.9 Å². The minimum Gasteiger partial charge on any atom is -0.493 e. The van der Waals surface area contributed by atoms with Crippen LogP contribution in [0.15, 0.2) is 36.4 Å². The van der Waals surface area contributed by atoms with Crippen LogP contribution in [0.3, 0.4) is 0 Å². The van der Waals surface area contributed by atoms with Gasteiger partial charge in [0, 0.05) is 12.1 Å². The van der Waals surface area contributed by atoms with Gasteiger partial charge in [-0.3, -0.25) is 19.3 Å². The Morgan fingerprint density at radius 3 is 2.43 bits per heavy atom. The highest BCUT2D eigenvalue weighted by Gasteiger charge is 2.50. The molecule has 4 rings (SSSR count). The molecule has 0 aliphatic carbocycles. The number of carbonyl (C=O) groups excluding carboxylic acids is 3. The van der Waals surface area contributed by atoms with Gasteiger partial charge in [-0.15, -0.1) is 0 Å². The molecule has 0 bridgehead atoms. The van der Waals surface area contributed by atoms with E-state index in [-0.39, 0.29) is 24.3 Å². The molecule has 0 saturated heterocycles. The number of unbranched alkanes of at least 4 members (excludes halogenated alkanes) is 5. The van der Waals surface area contributed by atoms with Gasteiger partial charge < -0.3 is 19.7 Å². The lowest BCUT2D eigenvalue weighted by Crippen LogP contribution is -2.51. The molecule has 2 aromatic carbocycles. The first-order valence-corrected chi connectivity index (χ1v) is 12.3. The molecule has 2 heterocycles. The van der Waals surface area contributed by atoms with Crippen molar-refractivity contribution in [3.63, 3.8) is 0 Å². The maximum absolute atomic E-state index is 13.7. The smallest absolute Gasteiger partial charge is 0.264 e. The Balaban J connectivity index is 1.59. The van der Waals surface area contributed by atoms with Gasteiger partial charge in [0.15, 0.2) is 11.5 Å². The van der Waals surface area contributed by atoms with Gasteiger partial charge in [-0.25, -0.2) is 0 Å². The first-order chi connectivity index (χ1) is 17.0. The van der Waals surface area contributed by atoms with Gasteiger partial charge in [0.2, 0.25) is 5.91 Å². The average Bonchev–Trinajstić information content (AvgIpc) is 3.17. The van der Waals surface area contributed by atoms with E-state index in [4.69, 9.17) is 9.47 Å². The van der Waals surface area contributed by atoms with Gasteiger partial charge >= 0.3 is 0 Å². The largest absolute Gasteiger partial charge is 0.493 e. The van der Waals surface area contributed by atoms with Crippen molar-refractivity contribution in [1.29, 1.82) is 0 Å². The summed E-state index contributed by atoms with van der Waals surface area (Å²) in [5.41, 5.74) is 1.87. The van der Waals surface area contributed by atoms with Gasteiger partial charge in [-0.05, 0) is 24.6 Å². The lowest BCUT2D eigenvalue weighted by molar-refractivity contribution is -0.122. The van der Waals surface area contributed by atoms with Crippen molar-refractivity contribution >= 4 is 23.4 Å². The molecule has 2 aromatic rings. The van der Waals surface area contributed by atoms with Crippen LogP contribution in [0.2, 0.25) is 0 Å². The molecule has 0 fully saturated rings. The topological polar surface area (TPSA) is 88.2 Å². The molecule has 0 spiro atoms. The maximum Gasteiger partial charge on any atom is 0.264 e. The second-order valence-electron chi connectivity index (χ2n) is 8.88. The fraction of sp³-hybridized carbons (Fsp3) is 0.444. The first-order valence-electron chi connectivity index (χ1n) is 12.3. The number of nitrogens with one attached hydrogen (secondary N) is 1. The fourth-order valence-corrected chi connectivity index (χ4v) is 4.93. The highest BCUT2D eigenvalue weighted by molar-refractivity contribution is 6.18. The summed E-state index contributed by atoms with van der Waals surface area (Å²) in [6.07, 6.45) is 6.04. The van der Waals surface area contributed by atoms with Gasteiger partial charge in [-0.2, -0.15) is 0 Å². The molecule has 0 unspecified atom stereocenters. The van der Waals surface area contributed by atoms with Crippen LogP contribution in [0.25, 0.3) is 0 Å². The predicted octanol–water partition coefficient (Wildman–Crippen LogP) is 4.30. The van der Waals surface area contributed by atoms with E-state index in [1.807, 2.05) is 0 Å². The predicted molar refractivity (Wildman–Crippen MR) is 133 cm³/mol. The molecule has 35 heavy (non-hydrogen) atoms. The van der Waals surface area contributed by atoms with Crippen molar-refractivity contribution in [2.24, 2.45) is 0 Å². The summed E-state index contributed by atoms with van der Waals surface area (Å²) in [6.45, 7) is 2.61. The Morgan fingerprint density at radius 1 is 0.943 bits per heavy atom. The monoisotopic (exact) mass is 479 g/mol. The van der Waals surface area contributed by atoms with E-state index < -0.39 is 6.17 Å². The molecule has 8 nitrogen and oxygen atoms in total. The number of methoxy groups -OCH3 is 2. The molecule has 8 heteroatoms. The van der Waals surface area contributed by atoms with Crippen molar-refractivity contribution in [1.82, 2.24) is 10.2 Å². The third-order valence-electron chi connectivity index (χ3n) is 6.65. The van der Waals surface area contributed by atoms with Gasteiger partial charge in [0.05, 0.1) is 31.0 Å². The molecule has 2 aliphatic rings. The maximum atomic E-state index is 13.7. The number of benzene rings is 2. The minimum atomic E-state index is -0.737. The van der Waals surface area contributed by atoms with Crippen molar-refractivity contribution in [2.45, 2.75) is 51.6 Å². The summed E-state index contributed by atoms with van der Waals surface area (Å²) < 4.78 is 10.9. The second-order valence-corrected chi connectivity index (χ2v) is 8.88. The van der Waals surface area contributed by atoms with Crippen molar-refractivity contribution < 1.29 is 23.9 Å². The van der Waals surface area contributed by atoms with Crippen LogP contribution in [0.5, 0.6) is 11.5 Å². The standard InChI is InChI=1S/C27H33N3O5/c1-4-5-6-7-8-11-16-28-22(31)17-29-25-19-14-15-21(34-2)24(35-3)23(19)27(33)30(25)20-13-10-9-12-18(20)26(29)32/h9-10,12-15,25H,4-8,11,16-17H2,1-3H3,(H,28,31)/t25-/m0/s1. The molecule has 0 radical (unpaired) electrons. The van der Waals surface area contributed by atoms with Crippen LogP contribution >= 0.6 is 0 Å². The number of para-hydroxylation sites is 1. The van der Waals surface area contributed by atoms with E-state index in [2.05, 4.69) is 12.2 Å². The Kier molecular flexibility index (Phi) is 7.58.